The van der Waals surface area contributed by atoms with Crippen molar-refractivity contribution in [1.29, 1.82) is 0 Å². The highest BCUT2D eigenvalue weighted by molar-refractivity contribution is 5.85. The van der Waals surface area contributed by atoms with Crippen molar-refractivity contribution in [1.82, 2.24) is 10.2 Å². The molecule has 0 saturated carbocycles. The number of nitrogens with one attached hydrogen (secondary N) is 1. The van der Waals surface area contributed by atoms with Gasteiger partial charge < -0.3 is 15.0 Å². The molecule has 1 N–H and O–H groups in total. The van der Waals surface area contributed by atoms with E-state index in [1.54, 1.807) is 0 Å². The second-order valence-electron chi connectivity index (χ2n) is 5.57. The van der Waals surface area contributed by atoms with Crippen LogP contribution in [0.3, 0.4) is 0 Å². The molecule has 2 heterocycles. The lowest BCUT2D eigenvalue weighted by Gasteiger charge is -2.35. The number of hydrogen-bond acceptors (Lipinski definition) is 3. The topological polar surface area (TPSA) is 41.6 Å². The summed E-state index contributed by atoms with van der Waals surface area (Å²) in [4.78, 5) is 14.4. The monoisotopic (exact) mass is 290 g/mol. The number of likely N-dealkylation sites (tertiary alicyclic amines) is 1. The van der Waals surface area contributed by atoms with E-state index in [2.05, 4.69) is 10.2 Å². The summed E-state index contributed by atoms with van der Waals surface area (Å²) < 4.78 is 5.41. The zero-order valence-corrected chi connectivity index (χ0v) is 12.7. The lowest BCUT2D eigenvalue weighted by Crippen LogP contribution is -2.44. The highest BCUT2D eigenvalue weighted by Gasteiger charge is 2.29. The molecule has 0 aliphatic carbocycles. The molecule has 0 bridgehead atoms. The van der Waals surface area contributed by atoms with Gasteiger partial charge in [-0.3, -0.25) is 4.79 Å². The molecule has 0 aromatic carbocycles. The Balaban J connectivity index is 0.00000180. The molecule has 112 valence electrons. The van der Waals surface area contributed by atoms with E-state index in [4.69, 9.17) is 4.74 Å². The summed E-state index contributed by atoms with van der Waals surface area (Å²) in [6, 6.07) is 0. The van der Waals surface area contributed by atoms with Crippen molar-refractivity contribution >= 4 is 18.3 Å². The van der Waals surface area contributed by atoms with Crippen LogP contribution in [0.1, 0.15) is 32.1 Å². The van der Waals surface area contributed by atoms with Gasteiger partial charge in [0.05, 0.1) is 12.5 Å². The van der Waals surface area contributed by atoms with E-state index in [0.29, 0.717) is 12.5 Å². The number of nitrogens with zero attached hydrogens (tertiary/aromatic N) is 1. The van der Waals surface area contributed by atoms with Crippen LogP contribution in [0.5, 0.6) is 0 Å². The smallest absolute Gasteiger partial charge is 0.228 e. The number of amides is 1. The summed E-state index contributed by atoms with van der Waals surface area (Å²) in [5.74, 6) is 1.26. The van der Waals surface area contributed by atoms with Crippen LogP contribution >= 0.6 is 12.4 Å². The molecule has 2 aliphatic heterocycles. The molecule has 2 rings (SSSR count). The first-order valence-corrected chi connectivity index (χ1v) is 7.32. The largest absolute Gasteiger partial charge is 0.381 e. The van der Waals surface area contributed by atoms with Crippen molar-refractivity contribution < 1.29 is 9.53 Å². The second kappa shape index (κ2) is 8.77. The second-order valence-corrected chi connectivity index (χ2v) is 5.57. The minimum absolute atomic E-state index is 0. The maximum absolute atomic E-state index is 12.3. The molecule has 0 spiro atoms. The molecule has 2 saturated heterocycles. The van der Waals surface area contributed by atoms with E-state index in [1.807, 2.05) is 7.05 Å². The summed E-state index contributed by atoms with van der Waals surface area (Å²) in [6.45, 7) is 4.46. The lowest BCUT2D eigenvalue weighted by molar-refractivity contribution is -0.141. The molecular weight excluding hydrogens is 264 g/mol. The zero-order valence-electron chi connectivity index (χ0n) is 11.9. The van der Waals surface area contributed by atoms with E-state index >= 15 is 0 Å². The Morgan fingerprint density at radius 1 is 1.32 bits per heavy atom. The molecule has 0 radical (unpaired) electrons. The van der Waals surface area contributed by atoms with Gasteiger partial charge in [0.2, 0.25) is 5.91 Å². The maximum atomic E-state index is 12.3. The van der Waals surface area contributed by atoms with E-state index in [0.717, 1.165) is 45.0 Å². The Bertz CT molecular complexity index is 262. The normalized spacial score (nSPS) is 24.9. The molecule has 5 heteroatoms. The molecule has 2 fully saturated rings. The third-order valence-corrected chi connectivity index (χ3v) is 4.24. The van der Waals surface area contributed by atoms with Crippen molar-refractivity contribution in [2.45, 2.75) is 32.1 Å². The number of hydrogen-bond donors (Lipinski definition) is 1. The minimum atomic E-state index is 0. The highest BCUT2D eigenvalue weighted by atomic mass is 35.5. The molecule has 0 aromatic rings. The van der Waals surface area contributed by atoms with Crippen molar-refractivity contribution in [3.05, 3.63) is 0 Å². The molecule has 19 heavy (non-hydrogen) atoms. The quantitative estimate of drug-likeness (QED) is 0.857. The number of halogens is 1. The average Bonchev–Trinajstić information content (AvgIpc) is 2.46. The van der Waals surface area contributed by atoms with Gasteiger partial charge in [0.15, 0.2) is 0 Å². The lowest BCUT2D eigenvalue weighted by atomic mass is 9.92. The van der Waals surface area contributed by atoms with E-state index < -0.39 is 0 Å². The third-order valence-electron chi connectivity index (χ3n) is 4.24. The highest BCUT2D eigenvalue weighted by Crippen LogP contribution is 2.23. The van der Waals surface area contributed by atoms with E-state index in [-0.39, 0.29) is 18.3 Å². The Morgan fingerprint density at radius 3 is 2.63 bits per heavy atom. The van der Waals surface area contributed by atoms with Gasteiger partial charge >= 0.3 is 0 Å². The number of carbonyl (C=O) groups excluding carboxylic acids is 1. The first-order chi connectivity index (χ1) is 8.81. The molecule has 1 amide bonds. The van der Waals surface area contributed by atoms with Crippen molar-refractivity contribution in [3.8, 4) is 0 Å². The fraction of sp³-hybridized carbons (Fsp3) is 0.929. The fourth-order valence-corrected chi connectivity index (χ4v) is 2.98. The van der Waals surface area contributed by atoms with Gasteiger partial charge in [0, 0.05) is 19.7 Å². The van der Waals surface area contributed by atoms with Crippen LogP contribution in [0.2, 0.25) is 0 Å². The Kier molecular flexibility index (Phi) is 7.73. The van der Waals surface area contributed by atoms with Gasteiger partial charge in [-0.1, -0.05) is 0 Å². The van der Waals surface area contributed by atoms with E-state index in [1.165, 1.54) is 19.3 Å². The standard InChI is InChI=1S/C14H26N2O2.ClH/c1-15-7-4-12-5-8-16(9-6-12)14(17)13-3-2-10-18-11-13;/h12-13,15H,2-11H2,1H3;1H. The summed E-state index contributed by atoms with van der Waals surface area (Å²) >= 11 is 0. The number of rotatable bonds is 4. The van der Waals surface area contributed by atoms with Crippen LogP contribution in [-0.4, -0.2) is 50.7 Å². The number of carbonyl (C=O) groups is 1. The van der Waals surface area contributed by atoms with Gasteiger partial charge in [0.25, 0.3) is 0 Å². The number of ether oxygens (including phenoxy) is 1. The molecule has 0 aromatic heterocycles. The summed E-state index contributed by atoms with van der Waals surface area (Å²) in [5.41, 5.74) is 0. The molecular formula is C14H27ClN2O2. The number of piperidine rings is 1. The van der Waals surface area contributed by atoms with Crippen molar-refractivity contribution in [2.75, 3.05) is 39.9 Å². The molecule has 4 nitrogen and oxygen atoms in total. The van der Waals surface area contributed by atoms with Crippen LogP contribution in [-0.2, 0) is 9.53 Å². The van der Waals surface area contributed by atoms with Crippen LogP contribution in [0.25, 0.3) is 0 Å². The Labute approximate surface area is 122 Å². The van der Waals surface area contributed by atoms with Gasteiger partial charge in [-0.25, -0.2) is 0 Å². The fourth-order valence-electron chi connectivity index (χ4n) is 2.98. The summed E-state index contributed by atoms with van der Waals surface area (Å²) in [6.07, 6.45) is 5.63. The average molecular weight is 291 g/mol. The predicted octanol–water partition coefficient (Wildman–Crippen LogP) is 1.68. The molecule has 1 atom stereocenters. The van der Waals surface area contributed by atoms with Gasteiger partial charge in [-0.2, -0.15) is 0 Å². The maximum Gasteiger partial charge on any atom is 0.228 e. The van der Waals surface area contributed by atoms with Crippen LogP contribution in [0.4, 0.5) is 0 Å². The van der Waals surface area contributed by atoms with Gasteiger partial charge in [0.1, 0.15) is 0 Å². The Hall–Kier alpha value is -0.320. The zero-order chi connectivity index (χ0) is 12.8. The third kappa shape index (κ3) is 4.93. The Morgan fingerprint density at radius 2 is 2.05 bits per heavy atom. The van der Waals surface area contributed by atoms with E-state index in [9.17, 15) is 4.79 Å². The molecule has 2 aliphatic rings. The van der Waals surface area contributed by atoms with Crippen LogP contribution in [0.15, 0.2) is 0 Å². The summed E-state index contributed by atoms with van der Waals surface area (Å²) in [7, 11) is 2.00. The first kappa shape index (κ1) is 16.7. The van der Waals surface area contributed by atoms with Crippen LogP contribution < -0.4 is 5.32 Å². The van der Waals surface area contributed by atoms with Gasteiger partial charge in [-0.05, 0) is 51.6 Å². The van der Waals surface area contributed by atoms with Crippen molar-refractivity contribution in [3.63, 3.8) is 0 Å². The van der Waals surface area contributed by atoms with Crippen molar-refractivity contribution in [2.24, 2.45) is 11.8 Å². The first-order valence-electron chi connectivity index (χ1n) is 7.32. The van der Waals surface area contributed by atoms with Gasteiger partial charge in [-0.15, -0.1) is 12.4 Å². The minimum Gasteiger partial charge on any atom is -0.381 e. The summed E-state index contributed by atoms with van der Waals surface area (Å²) in [5, 5.41) is 3.20. The molecule has 1 unspecified atom stereocenters. The van der Waals surface area contributed by atoms with Crippen LogP contribution in [0, 0.1) is 11.8 Å². The predicted molar refractivity (Wildman–Crippen MR) is 78.6 cm³/mol. The SMILES string of the molecule is CNCCC1CCN(C(=O)C2CCCOC2)CC1.Cl.